The predicted molar refractivity (Wildman–Crippen MR) is 139 cm³/mol. The molecule has 0 amide bonds. The highest BCUT2D eigenvalue weighted by atomic mass is 19.4. The third-order valence-electron chi connectivity index (χ3n) is 7.51. The van der Waals surface area contributed by atoms with E-state index in [9.17, 15) is 31.4 Å². The van der Waals surface area contributed by atoms with Crippen LogP contribution >= 0.6 is 0 Å². The van der Waals surface area contributed by atoms with Gasteiger partial charge in [-0.3, -0.25) is 9.58 Å². The first-order valence-electron chi connectivity index (χ1n) is 13.1. The quantitative estimate of drug-likeness (QED) is 0.362. The molecule has 3 heterocycles. The van der Waals surface area contributed by atoms with Crippen molar-refractivity contribution in [3.05, 3.63) is 76.7 Å². The highest BCUT2D eigenvalue weighted by molar-refractivity contribution is 5.75. The molecule has 1 saturated carbocycles. The second kappa shape index (κ2) is 10.8. The minimum Gasteiger partial charge on any atom is -0.369 e. The summed E-state index contributed by atoms with van der Waals surface area (Å²) in [5, 5.41) is 13.8. The van der Waals surface area contributed by atoms with E-state index in [-0.39, 0.29) is 11.3 Å². The summed E-state index contributed by atoms with van der Waals surface area (Å²) in [5.41, 5.74) is -4.95. The van der Waals surface area contributed by atoms with Gasteiger partial charge in [-0.25, -0.2) is 9.37 Å². The molecule has 5 rings (SSSR count). The molecule has 2 aliphatic rings. The van der Waals surface area contributed by atoms with Crippen LogP contribution in [0.4, 0.5) is 36.6 Å². The molecule has 2 aromatic heterocycles. The molecule has 0 atom stereocenters. The number of piperazine rings is 1. The van der Waals surface area contributed by atoms with Gasteiger partial charge in [-0.05, 0) is 55.2 Å². The van der Waals surface area contributed by atoms with E-state index < -0.39 is 29.3 Å². The van der Waals surface area contributed by atoms with Gasteiger partial charge in [0.15, 0.2) is 5.83 Å². The van der Waals surface area contributed by atoms with Gasteiger partial charge in [0.2, 0.25) is 0 Å². The van der Waals surface area contributed by atoms with Crippen LogP contribution in [0.5, 0.6) is 0 Å². The maximum absolute atomic E-state index is 15.0. The fourth-order valence-corrected chi connectivity index (χ4v) is 4.98. The van der Waals surface area contributed by atoms with Crippen molar-refractivity contribution >= 4 is 17.7 Å². The number of halogens is 7. The van der Waals surface area contributed by atoms with Crippen molar-refractivity contribution in [2.24, 2.45) is 0 Å². The summed E-state index contributed by atoms with van der Waals surface area (Å²) in [4.78, 5) is 9.26. The fourth-order valence-electron chi connectivity index (χ4n) is 4.98. The number of anilines is 1. The summed E-state index contributed by atoms with van der Waals surface area (Å²) in [7, 11) is 0. The lowest BCUT2D eigenvalue weighted by molar-refractivity contribution is -0.376. The molecule has 1 aliphatic heterocycles. The van der Waals surface area contributed by atoms with Crippen LogP contribution in [-0.4, -0.2) is 69.3 Å². The first kappa shape index (κ1) is 29.1. The molecule has 1 aliphatic carbocycles. The van der Waals surface area contributed by atoms with E-state index in [1.807, 2.05) is 12.1 Å². The number of nitrogens with zero attached hydrogens (tertiary/aromatic N) is 5. The number of hydrogen-bond donors (Lipinski definition) is 1. The summed E-state index contributed by atoms with van der Waals surface area (Å²) >= 11 is 0. The van der Waals surface area contributed by atoms with Crippen molar-refractivity contribution in [3.63, 3.8) is 0 Å². The van der Waals surface area contributed by atoms with Crippen molar-refractivity contribution in [1.82, 2.24) is 19.7 Å². The topological polar surface area (TPSA) is 57.4 Å². The van der Waals surface area contributed by atoms with Crippen molar-refractivity contribution < 1.29 is 35.8 Å². The number of hydrogen-bond acceptors (Lipinski definition) is 5. The average Bonchev–Trinajstić information content (AvgIpc) is 3.71. The number of aliphatic hydroxyl groups is 1. The second-order valence-electron chi connectivity index (χ2n) is 10.4. The van der Waals surface area contributed by atoms with Gasteiger partial charge in [0.25, 0.3) is 5.60 Å². The number of benzene rings is 1. The molecule has 0 unspecified atom stereocenters. The molecule has 6 nitrogen and oxygen atoms in total. The lowest BCUT2D eigenvalue weighted by Gasteiger charge is -2.35. The molecule has 0 radical (unpaired) electrons. The molecule has 1 saturated heterocycles. The lowest BCUT2D eigenvalue weighted by Crippen LogP contribution is -2.53. The van der Waals surface area contributed by atoms with E-state index in [2.05, 4.69) is 19.9 Å². The maximum atomic E-state index is 15.0. The maximum Gasteiger partial charge on any atom is 0.430 e. The Balaban J connectivity index is 1.28. The predicted octanol–water partition coefficient (Wildman–Crippen LogP) is 5.70. The third-order valence-corrected chi connectivity index (χ3v) is 7.51. The van der Waals surface area contributed by atoms with Crippen molar-refractivity contribution in [1.29, 1.82) is 0 Å². The van der Waals surface area contributed by atoms with Gasteiger partial charge in [0.1, 0.15) is 11.5 Å². The summed E-state index contributed by atoms with van der Waals surface area (Å²) in [6.45, 7) is 5.86. The summed E-state index contributed by atoms with van der Waals surface area (Å²) in [5.74, 6) is 0.0332. The Morgan fingerprint density at radius 1 is 0.951 bits per heavy atom. The number of pyridine rings is 1. The Morgan fingerprint density at radius 3 is 2.17 bits per heavy atom. The van der Waals surface area contributed by atoms with Crippen LogP contribution in [0.1, 0.15) is 40.9 Å². The molecule has 1 aromatic carbocycles. The lowest BCUT2D eigenvalue weighted by atomic mass is 9.91. The summed E-state index contributed by atoms with van der Waals surface area (Å²) in [6, 6.07) is 8.71. The Kier molecular flexibility index (Phi) is 7.62. The van der Waals surface area contributed by atoms with Crippen LogP contribution < -0.4 is 4.90 Å². The first-order valence-corrected chi connectivity index (χ1v) is 13.1. The Hall–Kier alpha value is -3.45. The van der Waals surface area contributed by atoms with E-state index in [1.165, 1.54) is 18.9 Å². The Labute approximate surface area is 231 Å². The monoisotopic (exact) mass is 583 g/mol. The van der Waals surface area contributed by atoms with Gasteiger partial charge in [0, 0.05) is 49.7 Å². The van der Waals surface area contributed by atoms with Crippen LogP contribution in [0.3, 0.4) is 0 Å². The van der Waals surface area contributed by atoms with Crippen LogP contribution in [0.15, 0.2) is 48.7 Å². The zero-order valence-electron chi connectivity index (χ0n) is 22.1. The average molecular weight is 584 g/mol. The number of aromatic nitrogens is 3. The molecule has 0 bridgehead atoms. The van der Waals surface area contributed by atoms with E-state index in [0.717, 1.165) is 61.8 Å². The summed E-state index contributed by atoms with van der Waals surface area (Å²) in [6.07, 6.45) is -6.79. The molecule has 2 fully saturated rings. The minimum absolute atomic E-state index is 0.00860. The molecule has 41 heavy (non-hydrogen) atoms. The van der Waals surface area contributed by atoms with E-state index in [1.54, 1.807) is 17.8 Å². The Morgan fingerprint density at radius 2 is 1.59 bits per heavy atom. The number of aryl methyl sites for hydroxylation is 1. The van der Waals surface area contributed by atoms with Gasteiger partial charge in [-0.15, -0.1) is 0 Å². The largest absolute Gasteiger partial charge is 0.430 e. The van der Waals surface area contributed by atoms with Crippen LogP contribution in [-0.2, 0) is 12.1 Å². The molecule has 1 N–H and O–H groups in total. The number of rotatable bonds is 7. The molecular formula is C28H28F7N5O. The van der Waals surface area contributed by atoms with Gasteiger partial charge < -0.3 is 10.0 Å². The minimum atomic E-state index is -6.00. The SMILES string of the molecule is Cc1cc(C(F)=Cc2ccc(C(O)(C(F)(F)F)C(F)(F)F)cc2)nn1Cc1ccnc(N2CCN(C3CC3)CC2)c1. The molecule has 13 heteroatoms. The van der Waals surface area contributed by atoms with Crippen LogP contribution in [0.25, 0.3) is 11.9 Å². The van der Waals surface area contributed by atoms with Gasteiger partial charge >= 0.3 is 12.4 Å². The second-order valence-corrected chi connectivity index (χ2v) is 10.4. The summed E-state index contributed by atoms with van der Waals surface area (Å²) < 4.78 is 95.3. The highest BCUT2D eigenvalue weighted by Crippen LogP contribution is 2.50. The first-order chi connectivity index (χ1) is 19.3. The standard InChI is InChI=1S/C28H28F7N5O/c1-18-14-24(23(29)15-19-2-4-21(5-3-19)26(41,27(30,31)32)28(33,34)35)37-40(18)17-20-8-9-36-25(16-20)39-12-10-38(11-13-39)22-6-7-22/h2-5,8-9,14-16,22,41H,6-7,10-13,17H2,1H3. The third kappa shape index (κ3) is 5.96. The van der Waals surface area contributed by atoms with E-state index in [4.69, 9.17) is 0 Å². The Bertz CT molecular complexity index is 1390. The van der Waals surface area contributed by atoms with E-state index >= 15 is 4.39 Å². The van der Waals surface area contributed by atoms with Crippen molar-refractivity contribution in [3.8, 4) is 0 Å². The molecular weight excluding hydrogens is 555 g/mol. The van der Waals surface area contributed by atoms with Gasteiger partial charge in [-0.1, -0.05) is 24.3 Å². The zero-order chi connectivity index (χ0) is 29.6. The van der Waals surface area contributed by atoms with Gasteiger partial charge in [0.05, 0.1) is 6.54 Å². The van der Waals surface area contributed by atoms with Gasteiger partial charge in [-0.2, -0.15) is 31.4 Å². The molecule has 220 valence electrons. The van der Waals surface area contributed by atoms with Crippen molar-refractivity contribution in [2.45, 2.75) is 50.3 Å². The zero-order valence-corrected chi connectivity index (χ0v) is 22.1. The highest BCUT2D eigenvalue weighted by Gasteiger charge is 2.71. The van der Waals surface area contributed by atoms with Crippen LogP contribution in [0.2, 0.25) is 0 Å². The number of alkyl halides is 6. The molecule has 3 aromatic rings. The van der Waals surface area contributed by atoms with Crippen molar-refractivity contribution in [2.75, 3.05) is 31.1 Å². The smallest absolute Gasteiger partial charge is 0.369 e. The normalized spacial score (nSPS) is 17.8. The fraction of sp³-hybridized carbons (Fsp3) is 0.429. The van der Waals surface area contributed by atoms with Crippen LogP contribution in [0, 0.1) is 6.92 Å². The molecule has 0 spiro atoms. The van der Waals surface area contributed by atoms with E-state index in [0.29, 0.717) is 24.4 Å².